The van der Waals surface area contributed by atoms with E-state index in [4.69, 9.17) is 0 Å². The Labute approximate surface area is 127 Å². The van der Waals surface area contributed by atoms with Crippen molar-refractivity contribution in [2.24, 2.45) is 0 Å². The predicted molar refractivity (Wildman–Crippen MR) is 87.4 cm³/mol. The molecule has 1 aromatic rings. The molecule has 2 rings (SSSR count). The third-order valence-corrected chi connectivity index (χ3v) is 3.81. The van der Waals surface area contributed by atoms with Crippen molar-refractivity contribution < 1.29 is 4.39 Å². The van der Waals surface area contributed by atoms with E-state index < -0.39 is 0 Å². The molecule has 3 nitrogen and oxygen atoms in total. The number of halogens is 1. The van der Waals surface area contributed by atoms with Crippen LogP contribution in [0.4, 0.5) is 10.1 Å². The van der Waals surface area contributed by atoms with Crippen LogP contribution in [0.3, 0.4) is 0 Å². The molecule has 0 saturated carbocycles. The van der Waals surface area contributed by atoms with Gasteiger partial charge in [-0.15, -0.1) is 0 Å². The molecule has 1 aromatic carbocycles. The van der Waals surface area contributed by atoms with Gasteiger partial charge in [0.15, 0.2) is 0 Å². The maximum absolute atomic E-state index is 13.8. The topological polar surface area (TPSA) is 18.5 Å². The molecule has 4 heteroatoms. The molecule has 1 N–H and O–H groups in total. The van der Waals surface area contributed by atoms with Crippen molar-refractivity contribution in [2.45, 2.75) is 13.3 Å². The van der Waals surface area contributed by atoms with Crippen molar-refractivity contribution in [3.05, 3.63) is 42.2 Å². The summed E-state index contributed by atoms with van der Waals surface area (Å²) in [6.45, 7) is 12.8. The van der Waals surface area contributed by atoms with Crippen LogP contribution in [0, 0.1) is 5.82 Å². The van der Waals surface area contributed by atoms with Crippen molar-refractivity contribution >= 4 is 5.69 Å². The van der Waals surface area contributed by atoms with Crippen molar-refractivity contribution in [3.8, 4) is 0 Å². The van der Waals surface area contributed by atoms with Gasteiger partial charge in [-0.25, -0.2) is 4.39 Å². The number of para-hydroxylation sites is 1. The highest BCUT2D eigenvalue weighted by atomic mass is 19.1. The lowest BCUT2D eigenvalue weighted by molar-refractivity contribution is 0.276. The maximum Gasteiger partial charge on any atom is 0.146 e. The van der Waals surface area contributed by atoms with E-state index >= 15 is 0 Å². The molecule has 1 heterocycles. The second kappa shape index (κ2) is 8.15. The Morgan fingerprint density at radius 3 is 2.62 bits per heavy atom. The minimum atomic E-state index is -0.126. The minimum absolute atomic E-state index is 0.126. The third-order valence-electron chi connectivity index (χ3n) is 3.81. The van der Waals surface area contributed by atoms with Crippen LogP contribution >= 0.6 is 0 Å². The zero-order chi connectivity index (χ0) is 15.1. The SMILES string of the molecule is C=C(CNCCC)CN1CCN(c2ccccc2F)CC1. The van der Waals surface area contributed by atoms with Gasteiger partial charge in [0.1, 0.15) is 5.82 Å². The summed E-state index contributed by atoms with van der Waals surface area (Å²) in [5.74, 6) is -0.126. The monoisotopic (exact) mass is 291 g/mol. The van der Waals surface area contributed by atoms with Crippen LogP contribution in [0.2, 0.25) is 0 Å². The summed E-state index contributed by atoms with van der Waals surface area (Å²) < 4.78 is 13.8. The van der Waals surface area contributed by atoms with Gasteiger partial charge < -0.3 is 10.2 Å². The molecule has 1 saturated heterocycles. The Bertz CT molecular complexity index is 453. The number of hydrogen-bond acceptors (Lipinski definition) is 3. The second-order valence-electron chi connectivity index (χ2n) is 5.64. The molecule has 1 aliphatic heterocycles. The molecule has 0 aliphatic carbocycles. The van der Waals surface area contributed by atoms with Gasteiger partial charge in [-0.05, 0) is 30.7 Å². The van der Waals surface area contributed by atoms with E-state index in [0.29, 0.717) is 0 Å². The van der Waals surface area contributed by atoms with Crippen LogP contribution in [0.25, 0.3) is 0 Å². The number of piperazine rings is 1. The Hall–Kier alpha value is -1.39. The van der Waals surface area contributed by atoms with Crippen LogP contribution in [0.15, 0.2) is 36.4 Å². The van der Waals surface area contributed by atoms with Crippen LogP contribution < -0.4 is 10.2 Å². The first kappa shape index (κ1) is 16.0. The fourth-order valence-electron chi connectivity index (χ4n) is 2.67. The molecule has 0 atom stereocenters. The molecule has 0 bridgehead atoms. The molecule has 21 heavy (non-hydrogen) atoms. The summed E-state index contributed by atoms with van der Waals surface area (Å²) >= 11 is 0. The van der Waals surface area contributed by atoms with Gasteiger partial charge in [0.2, 0.25) is 0 Å². The minimum Gasteiger partial charge on any atom is -0.367 e. The van der Waals surface area contributed by atoms with E-state index in [-0.39, 0.29) is 5.82 Å². The van der Waals surface area contributed by atoms with Crippen LogP contribution in [0.5, 0.6) is 0 Å². The summed E-state index contributed by atoms with van der Waals surface area (Å²) in [4.78, 5) is 4.53. The molecule has 1 aliphatic rings. The van der Waals surface area contributed by atoms with Crippen LogP contribution in [-0.4, -0.2) is 50.7 Å². The number of benzene rings is 1. The molecular formula is C17H26FN3. The number of anilines is 1. The van der Waals surface area contributed by atoms with Crippen molar-refractivity contribution in [3.63, 3.8) is 0 Å². The smallest absolute Gasteiger partial charge is 0.146 e. The predicted octanol–water partition coefficient (Wildman–Crippen LogP) is 2.50. The highest BCUT2D eigenvalue weighted by molar-refractivity contribution is 5.48. The molecule has 0 spiro atoms. The lowest BCUT2D eigenvalue weighted by atomic mass is 10.2. The van der Waals surface area contributed by atoms with Crippen molar-refractivity contribution in [2.75, 3.05) is 50.7 Å². The fourth-order valence-corrected chi connectivity index (χ4v) is 2.67. The van der Waals surface area contributed by atoms with E-state index in [0.717, 1.165) is 57.9 Å². The number of nitrogens with one attached hydrogen (secondary N) is 1. The zero-order valence-corrected chi connectivity index (χ0v) is 12.9. The molecular weight excluding hydrogens is 265 g/mol. The van der Waals surface area contributed by atoms with Crippen LogP contribution in [-0.2, 0) is 0 Å². The largest absolute Gasteiger partial charge is 0.367 e. The van der Waals surface area contributed by atoms with E-state index in [1.807, 2.05) is 12.1 Å². The van der Waals surface area contributed by atoms with Gasteiger partial charge in [0, 0.05) is 39.3 Å². The van der Waals surface area contributed by atoms with Crippen LogP contribution in [0.1, 0.15) is 13.3 Å². The first-order valence-corrected chi connectivity index (χ1v) is 7.80. The van der Waals surface area contributed by atoms with Crippen molar-refractivity contribution in [1.29, 1.82) is 0 Å². The van der Waals surface area contributed by atoms with Gasteiger partial charge in [0.25, 0.3) is 0 Å². The van der Waals surface area contributed by atoms with E-state index in [2.05, 4.69) is 28.6 Å². The molecule has 0 amide bonds. The van der Waals surface area contributed by atoms with Gasteiger partial charge in [0.05, 0.1) is 5.69 Å². The van der Waals surface area contributed by atoms with E-state index in [1.54, 1.807) is 6.07 Å². The van der Waals surface area contributed by atoms with Gasteiger partial charge in [-0.2, -0.15) is 0 Å². The third kappa shape index (κ3) is 4.83. The highest BCUT2D eigenvalue weighted by Crippen LogP contribution is 2.20. The lowest BCUT2D eigenvalue weighted by Gasteiger charge is -2.36. The van der Waals surface area contributed by atoms with Gasteiger partial charge in [-0.3, -0.25) is 4.90 Å². The quantitative estimate of drug-likeness (QED) is 0.615. The summed E-state index contributed by atoms with van der Waals surface area (Å²) in [5, 5.41) is 3.38. The zero-order valence-electron chi connectivity index (χ0n) is 12.9. The van der Waals surface area contributed by atoms with Gasteiger partial charge >= 0.3 is 0 Å². The Kier molecular flexibility index (Phi) is 6.21. The first-order chi connectivity index (χ1) is 10.2. The number of rotatable bonds is 7. The average molecular weight is 291 g/mol. The molecule has 116 valence electrons. The Balaban J connectivity index is 1.76. The normalized spacial score (nSPS) is 16.2. The van der Waals surface area contributed by atoms with E-state index in [1.165, 1.54) is 11.6 Å². The Morgan fingerprint density at radius 1 is 1.24 bits per heavy atom. The first-order valence-electron chi connectivity index (χ1n) is 7.80. The van der Waals surface area contributed by atoms with E-state index in [9.17, 15) is 4.39 Å². The average Bonchev–Trinajstić information content (AvgIpc) is 2.49. The van der Waals surface area contributed by atoms with Gasteiger partial charge in [-0.1, -0.05) is 25.6 Å². The summed E-state index contributed by atoms with van der Waals surface area (Å²) in [7, 11) is 0. The Morgan fingerprint density at radius 2 is 1.95 bits per heavy atom. The summed E-state index contributed by atoms with van der Waals surface area (Å²) in [6, 6.07) is 7.02. The molecule has 0 unspecified atom stereocenters. The number of nitrogens with zero attached hydrogens (tertiary/aromatic N) is 2. The molecule has 0 radical (unpaired) electrons. The lowest BCUT2D eigenvalue weighted by Crippen LogP contribution is -2.47. The summed E-state index contributed by atoms with van der Waals surface area (Å²) in [5.41, 5.74) is 1.95. The molecule has 1 fully saturated rings. The maximum atomic E-state index is 13.8. The standard InChI is InChI=1S/C17H26FN3/c1-3-8-19-13-15(2)14-20-9-11-21(12-10-20)17-7-5-4-6-16(17)18/h4-7,19H,2-3,8-14H2,1H3. The highest BCUT2D eigenvalue weighted by Gasteiger charge is 2.19. The second-order valence-corrected chi connectivity index (χ2v) is 5.64. The fraction of sp³-hybridized carbons (Fsp3) is 0.529. The number of hydrogen-bond donors (Lipinski definition) is 1. The molecule has 0 aromatic heterocycles. The van der Waals surface area contributed by atoms with Crippen molar-refractivity contribution in [1.82, 2.24) is 10.2 Å². The summed E-state index contributed by atoms with van der Waals surface area (Å²) in [6.07, 6.45) is 1.15.